The molecule has 0 aliphatic carbocycles. The number of aryl methyl sites for hydroxylation is 1. The highest BCUT2D eigenvalue weighted by atomic mass is 32.1. The minimum Gasteiger partial charge on any atom is -0.299 e. The highest BCUT2D eigenvalue weighted by molar-refractivity contribution is 7.81. The van der Waals surface area contributed by atoms with E-state index in [9.17, 15) is 14.4 Å². The molecule has 5 nitrogen and oxygen atoms in total. The number of carbonyl (C=O) groups excluding carboxylic acids is 3. The molecule has 1 heterocycles. The van der Waals surface area contributed by atoms with Crippen molar-refractivity contribution in [3.05, 3.63) is 60.2 Å². The summed E-state index contributed by atoms with van der Waals surface area (Å²) in [7, 11) is 0. The summed E-state index contributed by atoms with van der Waals surface area (Å²) in [5.41, 5.74) is 1.91. The lowest BCUT2D eigenvalue weighted by molar-refractivity contribution is -0.138. The van der Waals surface area contributed by atoms with E-state index in [1.807, 2.05) is 25.1 Å². The van der Waals surface area contributed by atoms with Crippen LogP contribution in [0, 0.1) is 12.8 Å². The molecule has 0 N–H and O–H groups in total. The van der Waals surface area contributed by atoms with Crippen LogP contribution >= 0.6 is 12.2 Å². The van der Waals surface area contributed by atoms with Crippen LogP contribution in [0.25, 0.3) is 0 Å². The quantitative estimate of drug-likeness (QED) is 0.630. The Bertz CT molecular complexity index is 879. The number of ketones is 1. The number of nitrogens with zero attached hydrogens (tertiary/aromatic N) is 2. The predicted molar refractivity (Wildman–Crippen MR) is 99.4 cm³/mol. The summed E-state index contributed by atoms with van der Waals surface area (Å²) in [6.07, 6.45) is 0. The average Bonchev–Trinajstić information content (AvgIpc) is 2.57. The van der Waals surface area contributed by atoms with Crippen LogP contribution in [-0.2, 0) is 14.4 Å². The summed E-state index contributed by atoms with van der Waals surface area (Å²) in [5.74, 6) is -3.12. The van der Waals surface area contributed by atoms with Crippen LogP contribution in [0.3, 0.4) is 0 Å². The maximum absolute atomic E-state index is 12.9. The Morgan fingerprint density at radius 3 is 2.08 bits per heavy atom. The second kappa shape index (κ2) is 6.57. The molecule has 0 bridgehead atoms. The van der Waals surface area contributed by atoms with Gasteiger partial charge in [-0.25, -0.2) is 0 Å². The number of hydrogen-bond acceptors (Lipinski definition) is 4. The van der Waals surface area contributed by atoms with Crippen molar-refractivity contribution in [2.24, 2.45) is 5.92 Å². The third kappa shape index (κ3) is 2.85. The minimum atomic E-state index is -1.40. The first-order valence-electron chi connectivity index (χ1n) is 7.76. The first-order chi connectivity index (χ1) is 11.9. The van der Waals surface area contributed by atoms with E-state index < -0.39 is 23.5 Å². The van der Waals surface area contributed by atoms with E-state index in [0.717, 1.165) is 5.56 Å². The molecule has 2 amide bonds. The molecule has 1 saturated heterocycles. The lowest BCUT2D eigenvalue weighted by Gasteiger charge is -2.39. The Hall–Kier alpha value is -2.86. The molecule has 1 fully saturated rings. The first kappa shape index (κ1) is 17.0. The molecule has 6 heteroatoms. The summed E-state index contributed by atoms with van der Waals surface area (Å²) >= 11 is 5.46. The number of anilines is 2. The van der Waals surface area contributed by atoms with Crippen molar-refractivity contribution < 1.29 is 14.4 Å². The van der Waals surface area contributed by atoms with E-state index in [1.54, 1.807) is 36.4 Å². The van der Waals surface area contributed by atoms with Crippen LogP contribution in [0.15, 0.2) is 54.6 Å². The van der Waals surface area contributed by atoms with Gasteiger partial charge >= 0.3 is 0 Å². The fourth-order valence-corrected chi connectivity index (χ4v) is 3.23. The van der Waals surface area contributed by atoms with Gasteiger partial charge in [0.25, 0.3) is 11.8 Å². The zero-order chi connectivity index (χ0) is 18.1. The summed E-state index contributed by atoms with van der Waals surface area (Å²) in [6.45, 7) is 3.09. The van der Waals surface area contributed by atoms with E-state index in [2.05, 4.69) is 0 Å². The Morgan fingerprint density at radius 1 is 0.920 bits per heavy atom. The third-order valence-corrected chi connectivity index (χ3v) is 4.46. The Balaban J connectivity index is 2.17. The van der Waals surface area contributed by atoms with E-state index in [4.69, 9.17) is 12.2 Å². The van der Waals surface area contributed by atoms with Gasteiger partial charge in [0.2, 0.25) is 0 Å². The average molecular weight is 352 g/mol. The molecule has 126 valence electrons. The maximum atomic E-state index is 12.9. The van der Waals surface area contributed by atoms with E-state index in [1.165, 1.54) is 16.7 Å². The summed E-state index contributed by atoms with van der Waals surface area (Å²) in [6, 6.07) is 16.0. The van der Waals surface area contributed by atoms with Gasteiger partial charge in [0, 0.05) is 0 Å². The van der Waals surface area contributed by atoms with Crippen molar-refractivity contribution in [2.45, 2.75) is 13.8 Å². The minimum absolute atomic E-state index is 0.0491. The number of thiocarbonyl (C=S) groups is 1. The van der Waals surface area contributed by atoms with Crippen molar-refractivity contribution in [3.8, 4) is 0 Å². The number of carbonyl (C=O) groups is 3. The van der Waals surface area contributed by atoms with Crippen molar-refractivity contribution in [3.63, 3.8) is 0 Å². The SMILES string of the molecule is CC(=O)[C@H]1C(=O)N(c2ccccc2)C(=S)N(c2ccccc2C)C1=O. The number of para-hydroxylation sites is 2. The van der Waals surface area contributed by atoms with Gasteiger partial charge in [-0.1, -0.05) is 36.4 Å². The van der Waals surface area contributed by atoms with Crippen molar-refractivity contribution in [2.75, 3.05) is 9.80 Å². The largest absolute Gasteiger partial charge is 0.299 e. The summed E-state index contributed by atoms with van der Waals surface area (Å²) in [4.78, 5) is 40.3. The van der Waals surface area contributed by atoms with Crippen LogP contribution in [0.4, 0.5) is 11.4 Å². The van der Waals surface area contributed by atoms with Crippen LogP contribution in [0.1, 0.15) is 12.5 Å². The van der Waals surface area contributed by atoms with Gasteiger partial charge in [-0.15, -0.1) is 0 Å². The van der Waals surface area contributed by atoms with Gasteiger partial charge in [0.05, 0.1) is 11.4 Å². The third-order valence-electron chi connectivity index (χ3n) is 4.09. The highest BCUT2D eigenvalue weighted by Crippen LogP contribution is 2.31. The van der Waals surface area contributed by atoms with Crippen molar-refractivity contribution in [1.29, 1.82) is 0 Å². The second-order valence-electron chi connectivity index (χ2n) is 5.80. The standard InChI is InChI=1S/C19H16N2O3S/c1-12-8-6-7-11-15(12)21-18(24)16(13(2)22)17(23)20(19(21)25)14-9-4-3-5-10-14/h3-11,16H,1-2H3/t16-/m0/s1. The number of amides is 2. The molecule has 0 saturated carbocycles. The zero-order valence-electron chi connectivity index (χ0n) is 13.8. The Labute approximate surface area is 150 Å². The van der Waals surface area contributed by atoms with E-state index in [-0.39, 0.29) is 5.11 Å². The normalized spacial score (nSPS) is 17.8. The maximum Gasteiger partial charge on any atom is 0.253 e. The molecule has 0 radical (unpaired) electrons. The lowest BCUT2D eigenvalue weighted by atomic mass is 9.98. The van der Waals surface area contributed by atoms with Gasteiger partial charge < -0.3 is 0 Å². The number of rotatable bonds is 3. The fraction of sp³-hybridized carbons (Fsp3) is 0.158. The molecule has 0 aromatic heterocycles. The van der Waals surface area contributed by atoms with Crippen molar-refractivity contribution >= 4 is 46.3 Å². The number of hydrogen-bond donors (Lipinski definition) is 0. The molecule has 3 rings (SSSR count). The fourth-order valence-electron chi connectivity index (χ4n) is 2.85. The Morgan fingerprint density at radius 2 is 1.48 bits per heavy atom. The Kier molecular flexibility index (Phi) is 4.46. The van der Waals surface area contributed by atoms with Crippen LogP contribution < -0.4 is 9.80 Å². The first-order valence-corrected chi connectivity index (χ1v) is 8.17. The van der Waals surface area contributed by atoms with Gasteiger partial charge in [-0.05, 0) is 49.8 Å². The van der Waals surface area contributed by atoms with Gasteiger partial charge in [-0.2, -0.15) is 0 Å². The van der Waals surface area contributed by atoms with Crippen molar-refractivity contribution in [1.82, 2.24) is 0 Å². The van der Waals surface area contributed by atoms with Gasteiger partial charge in [0.1, 0.15) is 0 Å². The van der Waals surface area contributed by atoms with Crippen LogP contribution in [0.5, 0.6) is 0 Å². The van der Waals surface area contributed by atoms with Crippen LogP contribution in [0.2, 0.25) is 0 Å². The molecule has 2 aromatic rings. The molecule has 1 aliphatic heterocycles. The highest BCUT2D eigenvalue weighted by Gasteiger charge is 2.47. The van der Waals surface area contributed by atoms with E-state index in [0.29, 0.717) is 11.4 Å². The zero-order valence-corrected chi connectivity index (χ0v) is 14.6. The summed E-state index contributed by atoms with van der Waals surface area (Å²) in [5, 5.41) is 0.0491. The molecule has 2 aromatic carbocycles. The molecule has 0 spiro atoms. The molecule has 1 aliphatic rings. The predicted octanol–water partition coefficient (Wildman–Crippen LogP) is 2.86. The second-order valence-corrected chi connectivity index (χ2v) is 6.16. The van der Waals surface area contributed by atoms with Gasteiger partial charge in [0.15, 0.2) is 16.8 Å². The van der Waals surface area contributed by atoms with E-state index >= 15 is 0 Å². The molecule has 25 heavy (non-hydrogen) atoms. The van der Waals surface area contributed by atoms with Crippen LogP contribution in [-0.4, -0.2) is 22.7 Å². The summed E-state index contributed by atoms with van der Waals surface area (Å²) < 4.78 is 0. The monoisotopic (exact) mass is 352 g/mol. The molecule has 1 atom stereocenters. The lowest BCUT2D eigenvalue weighted by Crippen LogP contribution is -2.62. The molecule has 0 unspecified atom stereocenters. The number of benzene rings is 2. The number of Topliss-reactive ketones (excluding diaryl/α,β-unsaturated/α-hetero) is 1. The molecular weight excluding hydrogens is 336 g/mol. The molecular formula is C19H16N2O3S. The smallest absolute Gasteiger partial charge is 0.253 e. The topological polar surface area (TPSA) is 57.7 Å². The van der Waals surface area contributed by atoms with Gasteiger partial charge in [-0.3, -0.25) is 24.2 Å².